The Hall–Kier alpha value is -0.610. The molecule has 70 valence electrons. The quantitative estimate of drug-likeness (QED) is 0.614. The minimum absolute atomic E-state index is 0.0328. The van der Waals surface area contributed by atoms with Crippen molar-refractivity contribution in [2.45, 2.75) is 25.3 Å². The molecule has 0 bridgehead atoms. The summed E-state index contributed by atoms with van der Waals surface area (Å²) in [6, 6.07) is 0. The Bertz CT molecular complexity index is 164. The van der Waals surface area contributed by atoms with Crippen molar-refractivity contribution >= 4 is 5.91 Å². The standard InChI is InChI=1S/C8H15NO3/c1-2-7(11)9-8(5-10)3-4-12-6-8/h10H,2-6H2,1H3,(H,9,11). The van der Waals surface area contributed by atoms with Crippen LogP contribution in [0.1, 0.15) is 19.8 Å². The second-order valence-electron chi connectivity index (χ2n) is 3.14. The zero-order valence-electron chi connectivity index (χ0n) is 7.30. The van der Waals surface area contributed by atoms with Gasteiger partial charge in [-0.2, -0.15) is 0 Å². The van der Waals surface area contributed by atoms with Crippen LogP contribution in [0.25, 0.3) is 0 Å². The highest BCUT2D eigenvalue weighted by atomic mass is 16.5. The maximum Gasteiger partial charge on any atom is 0.220 e. The van der Waals surface area contributed by atoms with Crippen LogP contribution in [-0.2, 0) is 9.53 Å². The minimum Gasteiger partial charge on any atom is -0.394 e. The van der Waals surface area contributed by atoms with E-state index in [9.17, 15) is 4.79 Å². The third-order valence-electron chi connectivity index (χ3n) is 2.13. The average Bonchev–Trinajstić information content (AvgIpc) is 2.54. The first-order valence-corrected chi connectivity index (χ1v) is 4.22. The van der Waals surface area contributed by atoms with Crippen molar-refractivity contribution in [3.05, 3.63) is 0 Å². The highest BCUT2D eigenvalue weighted by molar-refractivity contribution is 5.76. The van der Waals surface area contributed by atoms with Gasteiger partial charge >= 0.3 is 0 Å². The van der Waals surface area contributed by atoms with Crippen LogP contribution >= 0.6 is 0 Å². The van der Waals surface area contributed by atoms with Crippen molar-refractivity contribution in [3.8, 4) is 0 Å². The van der Waals surface area contributed by atoms with Crippen LogP contribution in [-0.4, -0.2) is 36.4 Å². The first-order valence-electron chi connectivity index (χ1n) is 4.22. The number of rotatable bonds is 3. The van der Waals surface area contributed by atoms with Gasteiger partial charge in [0.15, 0.2) is 0 Å². The van der Waals surface area contributed by atoms with Gasteiger partial charge in [-0.1, -0.05) is 6.92 Å². The van der Waals surface area contributed by atoms with E-state index in [1.807, 2.05) is 0 Å². The molecule has 4 nitrogen and oxygen atoms in total. The lowest BCUT2D eigenvalue weighted by Crippen LogP contribution is -2.51. The number of aliphatic hydroxyl groups excluding tert-OH is 1. The van der Waals surface area contributed by atoms with Crippen LogP contribution in [0.15, 0.2) is 0 Å². The largest absolute Gasteiger partial charge is 0.394 e. The monoisotopic (exact) mass is 173 g/mol. The molecule has 1 rings (SSSR count). The summed E-state index contributed by atoms with van der Waals surface area (Å²) in [5, 5.41) is 11.8. The molecule has 1 amide bonds. The van der Waals surface area contributed by atoms with E-state index < -0.39 is 5.54 Å². The van der Waals surface area contributed by atoms with Gasteiger partial charge in [0.25, 0.3) is 0 Å². The molecule has 0 aliphatic carbocycles. The second-order valence-corrected chi connectivity index (χ2v) is 3.14. The van der Waals surface area contributed by atoms with Crippen molar-refractivity contribution in [3.63, 3.8) is 0 Å². The predicted molar refractivity (Wildman–Crippen MR) is 43.7 cm³/mol. The van der Waals surface area contributed by atoms with E-state index in [4.69, 9.17) is 9.84 Å². The summed E-state index contributed by atoms with van der Waals surface area (Å²) in [6.07, 6.45) is 1.15. The Morgan fingerprint density at radius 3 is 2.92 bits per heavy atom. The van der Waals surface area contributed by atoms with Crippen LogP contribution < -0.4 is 5.32 Å². The molecule has 2 N–H and O–H groups in total. The van der Waals surface area contributed by atoms with Crippen LogP contribution in [0.2, 0.25) is 0 Å². The first-order chi connectivity index (χ1) is 5.72. The van der Waals surface area contributed by atoms with E-state index in [0.29, 0.717) is 26.1 Å². The molecule has 0 aromatic carbocycles. The molecular weight excluding hydrogens is 158 g/mol. The van der Waals surface area contributed by atoms with Gasteiger partial charge in [0.2, 0.25) is 5.91 Å². The van der Waals surface area contributed by atoms with E-state index in [1.54, 1.807) is 6.92 Å². The van der Waals surface area contributed by atoms with Gasteiger partial charge in [-0.3, -0.25) is 4.79 Å². The van der Waals surface area contributed by atoms with E-state index in [1.165, 1.54) is 0 Å². The van der Waals surface area contributed by atoms with Crippen molar-refractivity contribution in [2.24, 2.45) is 0 Å². The first kappa shape index (κ1) is 9.48. The molecular formula is C8H15NO3. The summed E-state index contributed by atoms with van der Waals surface area (Å²) in [5.74, 6) is -0.0328. The van der Waals surface area contributed by atoms with Gasteiger partial charge in [0.1, 0.15) is 0 Å². The van der Waals surface area contributed by atoms with E-state index >= 15 is 0 Å². The molecule has 4 heteroatoms. The van der Waals surface area contributed by atoms with E-state index in [-0.39, 0.29) is 12.5 Å². The fourth-order valence-electron chi connectivity index (χ4n) is 1.25. The molecule has 1 saturated heterocycles. The number of ether oxygens (including phenoxy) is 1. The third-order valence-corrected chi connectivity index (χ3v) is 2.13. The average molecular weight is 173 g/mol. The Kier molecular flexibility index (Phi) is 3.05. The van der Waals surface area contributed by atoms with Crippen molar-refractivity contribution in [1.82, 2.24) is 5.32 Å². The maximum absolute atomic E-state index is 11.1. The topological polar surface area (TPSA) is 58.6 Å². The molecule has 12 heavy (non-hydrogen) atoms. The molecule has 0 radical (unpaired) electrons. The zero-order valence-corrected chi connectivity index (χ0v) is 7.30. The van der Waals surface area contributed by atoms with Gasteiger partial charge in [-0.05, 0) is 6.42 Å². The van der Waals surface area contributed by atoms with Gasteiger partial charge in [-0.25, -0.2) is 0 Å². The number of carbonyl (C=O) groups is 1. The number of hydrogen-bond donors (Lipinski definition) is 2. The summed E-state index contributed by atoms with van der Waals surface area (Å²) in [4.78, 5) is 11.1. The summed E-state index contributed by atoms with van der Waals surface area (Å²) in [5.41, 5.74) is -0.507. The molecule has 1 atom stereocenters. The molecule has 1 aliphatic rings. The summed E-state index contributed by atoms with van der Waals surface area (Å²) in [7, 11) is 0. The molecule has 0 aromatic heterocycles. The number of hydrogen-bond acceptors (Lipinski definition) is 3. The highest BCUT2D eigenvalue weighted by Gasteiger charge is 2.35. The van der Waals surface area contributed by atoms with E-state index in [0.717, 1.165) is 0 Å². The lowest BCUT2D eigenvalue weighted by atomic mass is 10.00. The SMILES string of the molecule is CCC(=O)NC1(CO)CCOC1. The summed E-state index contributed by atoms with van der Waals surface area (Å²) in [6.45, 7) is 2.79. The fourth-order valence-corrected chi connectivity index (χ4v) is 1.25. The number of carbonyl (C=O) groups excluding carboxylic acids is 1. The summed E-state index contributed by atoms with van der Waals surface area (Å²) < 4.78 is 5.12. The third kappa shape index (κ3) is 1.95. The molecule has 0 aromatic rings. The lowest BCUT2D eigenvalue weighted by Gasteiger charge is -2.25. The molecule has 0 spiro atoms. The molecule has 0 saturated carbocycles. The number of nitrogens with one attached hydrogen (secondary N) is 1. The summed E-state index contributed by atoms with van der Waals surface area (Å²) >= 11 is 0. The molecule has 1 unspecified atom stereocenters. The lowest BCUT2D eigenvalue weighted by molar-refractivity contribution is -0.123. The maximum atomic E-state index is 11.1. The smallest absolute Gasteiger partial charge is 0.220 e. The van der Waals surface area contributed by atoms with Crippen molar-refractivity contribution < 1.29 is 14.6 Å². The molecule has 1 fully saturated rings. The number of aliphatic hydroxyl groups is 1. The zero-order chi connectivity index (χ0) is 9.03. The van der Waals surface area contributed by atoms with Crippen LogP contribution in [0, 0.1) is 0 Å². The normalized spacial score (nSPS) is 28.8. The van der Waals surface area contributed by atoms with Gasteiger partial charge in [0.05, 0.1) is 18.8 Å². The fraction of sp³-hybridized carbons (Fsp3) is 0.875. The molecule has 1 heterocycles. The van der Waals surface area contributed by atoms with Crippen molar-refractivity contribution in [1.29, 1.82) is 0 Å². The van der Waals surface area contributed by atoms with Gasteiger partial charge in [0, 0.05) is 13.0 Å². The Morgan fingerprint density at radius 2 is 2.50 bits per heavy atom. The highest BCUT2D eigenvalue weighted by Crippen LogP contribution is 2.17. The Balaban J connectivity index is 2.49. The van der Waals surface area contributed by atoms with Crippen LogP contribution in [0.5, 0.6) is 0 Å². The van der Waals surface area contributed by atoms with Gasteiger partial charge < -0.3 is 15.2 Å². The van der Waals surface area contributed by atoms with Crippen molar-refractivity contribution in [2.75, 3.05) is 19.8 Å². The minimum atomic E-state index is -0.507. The molecule has 1 aliphatic heterocycles. The van der Waals surface area contributed by atoms with Crippen LogP contribution in [0.3, 0.4) is 0 Å². The predicted octanol–water partition coefficient (Wildman–Crippen LogP) is -0.336. The number of amides is 1. The van der Waals surface area contributed by atoms with Gasteiger partial charge in [-0.15, -0.1) is 0 Å². The second kappa shape index (κ2) is 3.87. The Labute approximate surface area is 71.9 Å². The Morgan fingerprint density at radius 1 is 1.75 bits per heavy atom. The van der Waals surface area contributed by atoms with Crippen LogP contribution in [0.4, 0.5) is 0 Å². The van der Waals surface area contributed by atoms with E-state index in [2.05, 4.69) is 5.32 Å².